The Kier molecular flexibility index (Phi) is 4.64. The predicted molar refractivity (Wildman–Crippen MR) is 83.3 cm³/mol. The molecule has 118 valence electrons. The molecule has 0 aliphatic heterocycles. The summed E-state index contributed by atoms with van der Waals surface area (Å²) in [6.45, 7) is 0. The average Bonchev–Trinajstić information content (AvgIpc) is 2.47. The molecule has 0 fully saturated rings. The highest BCUT2D eigenvalue weighted by atomic mass is 35.7. The zero-order valence-corrected chi connectivity index (χ0v) is 13.7. The number of benzene rings is 2. The number of rotatable bonds is 5. The Bertz CT molecular complexity index is 894. The van der Waals surface area contributed by atoms with E-state index in [-0.39, 0.29) is 15.5 Å². The smallest absolute Gasteiger partial charge is 0.262 e. The van der Waals surface area contributed by atoms with Crippen molar-refractivity contribution < 1.29 is 21.6 Å². The Hall–Kier alpha value is -1.77. The van der Waals surface area contributed by atoms with Crippen molar-refractivity contribution in [3.8, 4) is 5.75 Å². The number of methoxy groups -OCH3 is 1. The molecule has 0 radical (unpaired) electrons. The van der Waals surface area contributed by atoms with Crippen molar-refractivity contribution in [2.75, 3.05) is 11.8 Å². The quantitative estimate of drug-likeness (QED) is 0.826. The van der Waals surface area contributed by atoms with Crippen molar-refractivity contribution in [3.63, 3.8) is 0 Å². The summed E-state index contributed by atoms with van der Waals surface area (Å²) >= 11 is 0. The van der Waals surface area contributed by atoms with E-state index in [2.05, 4.69) is 4.72 Å². The third-order valence-electron chi connectivity index (χ3n) is 2.75. The van der Waals surface area contributed by atoms with Gasteiger partial charge in [-0.05, 0) is 30.3 Å². The van der Waals surface area contributed by atoms with Crippen molar-refractivity contribution in [2.24, 2.45) is 0 Å². The van der Waals surface area contributed by atoms with E-state index in [1.807, 2.05) is 0 Å². The minimum atomic E-state index is -4.02. The summed E-state index contributed by atoms with van der Waals surface area (Å²) in [4.78, 5) is -0.516. The highest BCUT2D eigenvalue weighted by molar-refractivity contribution is 8.13. The normalized spacial score (nSPS) is 11.9. The third kappa shape index (κ3) is 3.70. The standard InChI is InChI=1S/C13H12ClNO5S2/c1-20-13-8-3-2-7-12(13)15-22(18,19)11-6-4-5-10(9-11)21(14,16)17/h2-9,15H,1H3. The first kappa shape index (κ1) is 16.6. The molecule has 0 amide bonds. The predicted octanol–water partition coefficient (Wildman–Crippen LogP) is 2.42. The number of hydrogen-bond acceptors (Lipinski definition) is 5. The van der Waals surface area contributed by atoms with Gasteiger partial charge in [-0.3, -0.25) is 4.72 Å². The van der Waals surface area contributed by atoms with Crippen LogP contribution in [0.4, 0.5) is 5.69 Å². The van der Waals surface area contributed by atoms with Crippen LogP contribution in [0.2, 0.25) is 0 Å². The van der Waals surface area contributed by atoms with Gasteiger partial charge in [-0.25, -0.2) is 16.8 Å². The number of nitrogens with one attached hydrogen (secondary N) is 1. The van der Waals surface area contributed by atoms with Crippen LogP contribution in [0.1, 0.15) is 0 Å². The second kappa shape index (κ2) is 6.15. The summed E-state index contributed by atoms with van der Waals surface area (Å²) in [6, 6.07) is 11.2. The Balaban J connectivity index is 2.43. The molecule has 0 aromatic heterocycles. The second-order valence-corrected chi connectivity index (χ2v) is 8.47. The molecule has 0 saturated heterocycles. The lowest BCUT2D eigenvalue weighted by Crippen LogP contribution is -2.14. The molecule has 9 heteroatoms. The van der Waals surface area contributed by atoms with Crippen LogP contribution in [0.25, 0.3) is 0 Å². The van der Waals surface area contributed by atoms with Gasteiger partial charge < -0.3 is 4.74 Å². The van der Waals surface area contributed by atoms with Crippen molar-refractivity contribution in [1.29, 1.82) is 0 Å². The monoisotopic (exact) mass is 361 g/mol. The van der Waals surface area contributed by atoms with Crippen LogP contribution in [0.3, 0.4) is 0 Å². The summed E-state index contributed by atoms with van der Waals surface area (Å²) < 4.78 is 54.7. The fraction of sp³-hybridized carbons (Fsp3) is 0.0769. The zero-order chi connectivity index (χ0) is 16.4. The maximum absolute atomic E-state index is 12.3. The fourth-order valence-corrected chi connectivity index (χ4v) is 3.71. The van der Waals surface area contributed by atoms with Crippen LogP contribution in [-0.4, -0.2) is 23.9 Å². The molecule has 0 aliphatic carbocycles. The van der Waals surface area contributed by atoms with Crippen LogP contribution in [0.5, 0.6) is 5.75 Å². The van der Waals surface area contributed by atoms with E-state index in [1.54, 1.807) is 18.2 Å². The van der Waals surface area contributed by atoms with Crippen molar-refractivity contribution >= 4 is 35.4 Å². The molecule has 0 spiro atoms. The Morgan fingerprint density at radius 1 is 0.955 bits per heavy atom. The van der Waals surface area contributed by atoms with E-state index < -0.39 is 19.1 Å². The Labute approximate surface area is 133 Å². The van der Waals surface area contributed by atoms with E-state index in [9.17, 15) is 16.8 Å². The van der Waals surface area contributed by atoms with Gasteiger partial charge in [-0.15, -0.1) is 0 Å². The first-order valence-corrected chi connectivity index (χ1v) is 9.74. The third-order valence-corrected chi connectivity index (χ3v) is 5.46. The van der Waals surface area contributed by atoms with Crippen LogP contribution < -0.4 is 9.46 Å². The van der Waals surface area contributed by atoms with Crippen LogP contribution >= 0.6 is 10.7 Å². The minimum absolute atomic E-state index is 0.222. The number of halogens is 1. The highest BCUT2D eigenvalue weighted by Crippen LogP contribution is 2.27. The molecule has 6 nitrogen and oxygen atoms in total. The van der Waals surface area contributed by atoms with E-state index in [4.69, 9.17) is 15.4 Å². The topological polar surface area (TPSA) is 89.5 Å². The molecule has 2 rings (SSSR count). The molecule has 2 aromatic rings. The van der Waals surface area contributed by atoms with Crippen LogP contribution in [0.15, 0.2) is 58.3 Å². The SMILES string of the molecule is COc1ccccc1NS(=O)(=O)c1cccc(S(=O)(=O)Cl)c1. The number of para-hydroxylation sites is 2. The van der Waals surface area contributed by atoms with Gasteiger partial charge in [0.25, 0.3) is 19.1 Å². The minimum Gasteiger partial charge on any atom is -0.495 e. The zero-order valence-electron chi connectivity index (χ0n) is 11.4. The Morgan fingerprint density at radius 3 is 2.23 bits per heavy atom. The molecular formula is C13H12ClNO5S2. The molecule has 1 N–H and O–H groups in total. The van der Waals surface area contributed by atoms with Crippen LogP contribution in [0, 0.1) is 0 Å². The molecule has 22 heavy (non-hydrogen) atoms. The lowest BCUT2D eigenvalue weighted by Gasteiger charge is -2.11. The first-order valence-electron chi connectivity index (χ1n) is 5.94. The number of hydrogen-bond donors (Lipinski definition) is 1. The van der Waals surface area contributed by atoms with Gasteiger partial charge >= 0.3 is 0 Å². The molecule has 2 aromatic carbocycles. The molecular weight excluding hydrogens is 350 g/mol. The van der Waals surface area contributed by atoms with Gasteiger partial charge in [0.15, 0.2) is 0 Å². The van der Waals surface area contributed by atoms with E-state index in [0.717, 1.165) is 6.07 Å². The maximum Gasteiger partial charge on any atom is 0.262 e. The molecule has 0 atom stereocenters. The van der Waals surface area contributed by atoms with Crippen LogP contribution in [-0.2, 0) is 19.1 Å². The maximum atomic E-state index is 12.3. The van der Waals surface area contributed by atoms with Crippen molar-refractivity contribution in [1.82, 2.24) is 0 Å². The highest BCUT2D eigenvalue weighted by Gasteiger charge is 2.19. The summed E-state index contributed by atoms with van der Waals surface area (Å²) in [5, 5.41) is 0. The summed E-state index contributed by atoms with van der Waals surface area (Å²) in [6.07, 6.45) is 0. The van der Waals surface area contributed by atoms with Gasteiger partial charge in [0.2, 0.25) is 0 Å². The summed E-state index contributed by atoms with van der Waals surface area (Å²) in [5.41, 5.74) is 0.240. The largest absolute Gasteiger partial charge is 0.495 e. The molecule has 0 aliphatic rings. The lowest BCUT2D eigenvalue weighted by atomic mass is 10.3. The molecule has 0 unspecified atom stereocenters. The first-order chi connectivity index (χ1) is 10.2. The van der Waals surface area contributed by atoms with Gasteiger partial charge in [0.1, 0.15) is 5.75 Å². The summed E-state index contributed by atoms with van der Waals surface area (Å²) in [7, 11) is -1.36. The van der Waals surface area contributed by atoms with E-state index >= 15 is 0 Å². The average molecular weight is 362 g/mol. The number of anilines is 1. The summed E-state index contributed by atoms with van der Waals surface area (Å²) in [5.74, 6) is 0.340. The van der Waals surface area contributed by atoms with Gasteiger partial charge in [0.05, 0.1) is 22.6 Å². The van der Waals surface area contributed by atoms with Crippen molar-refractivity contribution in [3.05, 3.63) is 48.5 Å². The molecule has 0 saturated carbocycles. The van der Waals surface area contributed by atoms with Gasteiger partial charge in [-0.2, -0.15) is 0 Å². The molecule has 0 bridgehead atoms. The second-order valence-electron chi connectivity index (χ2n) is 4.22. The lowest BCUT2D eigenvalue weighted by molar-refractivity contribution is 0.417. The van der Waals surface area contributed by atoms with E-state index in [1.165, 1.54) is 31.4 Å². The van der Waals surface area contributed by atoms with E-state index in [0.29, 0.717) is 5.75 Å². The fourth-order valence-electron chi connectivity index (χ4n) is 1.73. The number of sulfonamides is 1. The van der Waals surface area contributed by atoms with Gasteiger partial charge in [0, 0.05) is 10.7 Å². The Morgan fingerprint density at radius 2 is 1.59 bits per heavy atom. The number of ether oxygens (including phenoxy) is 1. The van der Waals surface area contributed by atoms with Gasteiger partial charge in [-0.1, -0.05) is 18.2 Å². The van der Waals surface area contributed by atoms with Crippen molar-refractivity contribution in [2.45, 2.75) is 9.79 Å². The molecule has 0 heterocycles.